The minimum atomic E-state index is -0.451. The Bertz CT molecular complexity index is 502. The standard InChI is InChI=1S/C16H23N3O2/c1-11(12(2)17)15(20)18-14-9-6-10-19(16(14)21)13-7-4-3-5-8-13/h3-5,7-8,11-12,14H,6,9-10,17H2,1-2H3,(H,18,20). The second-order valence-corrected chi connectivity index (χ2v) is 5.68. The lowest BCUT2D eigenvalue weighted by molar-refractivity contribution is -0.130. The smallest absolute Gasteiger partial charge is 0.249 e. The van der Waals surface area contributed by atoms with Gasteiger partial charge < -0.3 is 16.0 Å². The lowest BCUT2D eigenvalue weighted by atomic mass is 10.00. The Kier molecular flexibility index (Phi) is 4.96. The van der Waals surface area contributed by atoms with E-state index in [9.17, 15) is 9.59 Å². The van der Waals surface area contributed by atoms with Crippen LogP contribution in [0.3, 0.4) is 0 Å². The maximum atomic E-state index is 12.5. The number of amides is 2. The molecule has 5 nitrogen and oxygen atoms in total. The van der Waals surface area contributed by atoms with Crippen LogP contribution in [-0.2, 0) is 9.59 Å². The highest BCUT2D eigenvalue weighted by Gasteiger charge is 2.32. The third-order valence-corrected chi connectivity index (χ3v) is 4.03. The Morgan fingerprint density at radius 3 is 2.62 bits per heavy atom. The molecule has 0 saturated carbocycles. The van der Waals surface area contributed by atoms with Crippen LogP contribution in [0.2, 0.25) is 0 Å². The zero-order chi connectivity index (χ0) is 15.4. The van der Waals surface area contributed by atoms with Gasteiger partial charge in [0.2, 0.25) is 11.8 Å². The summed E-state index contributed by atoms with van der Waals surface area (Å²) in [6, 6.07) is 8.87. The van der Waals surface area contributed by atoms with Crippen molar-refractivity contribution in [1.82, 2.24) is 5.32 Å². The minimum absolute atomic E-state index is 0.0438. The van der Waals surface area contributed by atoms with E-state index < -0.39 is 6.04 Å². The largest absolute Gasteiger partial charge is 0.344 e. The molecular formula is C16H23N3O2. The van der Waals surface area contributed by atoms with Gasteiger partial charge in [-0.05, 0) is 31.9 Å². The van der Waals surface area contributed by atoms with Crippen molar-refractivity contribution in [2.45, 2.75) is 38.8 Å². The van der Waals surface area contributed by atoms with E-state index >= 15 is 0 Å². The summed E-state index contributed by atoms with van der Waals surface area (Å²) >= 11 is 0. The molecule has 0 bridgehead atoms. The van der Waals surface area contributed by atoms with E-state index in [1.165, 1.54) is 0 Å². The highest BCUT2D eigenvalue weighted by atomic mass is 16.2. The van der Waals surface area contributed by atoms with Gasteiger partial charge in [0.1, 0.15) is 6.04 Å². The van der Waals surface area contributed by atoms with Crippen LogP contribution in [0.25, 0.3) is 0 Å². The number of anilines is 1. The summed E-state index contributed by atoms with van der Waals surface area (Å²) in [6.45, 7) is 4.27. The van der Waals surface area contributed by atoms with E-state index in [1.807, 2.05) is 30.3 Å². The molecule has 2 amide bonds. The minimum Gasteiger partial charge on any atom is -0.344 e. The Balaban J connectivity index is 2.05. The average Bonchev–Trinajstić information content (AvgIpc) is 2.49. The summed E-state index contributed by atoms with van der Waals surface area (Å²) in [6.07, 6.45) is 1.55. The molecule has 1 aliphatic heterocycles. The normalized spacial score (nSPS) is 21.8. The molecular weight excluding hydrogens is 266 g/mol. The highest BCUT2D eigenvalue weighted by Crippen LogP contribution is 2.21. The molecule has 0 aliphatic carbocycles. The molecule has 2 rings (SSSR count). The average molecular weight is 289 g/mol. The number of carbonyl (C=O) groups is 2. The number of para-hydroxylation sites is 1. The van der Waals surface area contributed by atoms with E-state index in [4.69, 9.17) is 5.73 Å². The van der Waals surface area contributed by atoms with Crippen molar-refractivity contribution in [1.29, 1.82) is 0 Å². The molecule has 0 radical (unpaired) electrons. The fraction of sp³-hybridized carbons (Fsp3) is 0.500. The summed E-state index contributed by atoms with van der Waals surface area (Å²) < 4.78 is 0. The molecule has 1 fully saturated rings. The summed E-state index contributed by atoms with van der Waals surface area (Å²) in [7, 11) is 0. The van der Waals surface area contributed by atoms with Gasteiger partial charge in [-0.1, -0.05) is 25.1 Å². The Labute approximate surface area is 125 Å². The fourth-order valence-corrected chi connectivity index (χ4v) is 2.42. The van der Waals surface area contributed by atoms with Crippen molar-refractivity contribution in [2.24, 2.45) is 11.7 Å². The van der Waals surface area contributed by atoms with Gasteiger partial charge in [0, 0.05) is 24.2 Å². The van der Waals surface area contributed by atoms with Crippen LogP contribution in [0.4, 0.5) is 5.69 Å². The van der Waals surface area contributed by atoms with Crippen molar-refractivity contribution in [3.63, 3.8) is 0 Å². The zero-order valence-corrected chi connectivity index (χ0v) is 12.6. The molecule has 1 heterocycles. The zero-order valence-electron chi connectivity index (χ0n) is 12.6. The SMILES string of the molecule is CC(N)C(C)C(=O)NC1CCCN(c2ccccc2)C1=O. The van der Waals surface area contributed by atoms with Gasteiger partial charge >= 0.3 is 0 Å². The first-order valence-corrected chi connectivity index (χ1v) is 7.43. The van der Waals surface area contributed by atoms with Crippen LogP contribution in [0.15, 0.2) is 30.3 Å². The molecule has 5 heteroatoms. The summed E-state index contributed by atoms with van der Waals surface area (Å²) in [5.74, 6) is -0.499. The van der Waals surface area contributed by atoms with Gasteiger partial charge in [0.25, 0.3) is 0 Å². The lowest BCUT2D eigenvalue weighted by Gasteiger charge is -2.33. The third kappa shape index (κ3) is 3.61. The number of carbonyl (C=O) groups excluding carboxylic acids is 2. The van der Waals surface area contributed by atoms with E-state index in [1.54, 1.807) is 18.7 Å². The molecule has 3 unspecified atom stereocenters. The molecule has 114 valence electrons. The Hall–Kier alpha value is -1.88. The van der Waals surface area contributed by atoms with Crippen LogP contribution < -0.4 is 16.0 Å². The van der Waals surface area contributed by atoms with Gasteiger partial charge in [-0.25, -0.2) is 0 Å². The number of nitrogens with zero attached hydrogens (tertiary/aromatic N) is 1. The van der Waals surface area contributed by atoms with Crippen LogP contribution in [0.1, 0.15) is 26.7 Å². The first-order valence-electron chi connectivity index (χ1n) is 7.43. The predicted octanol–water partition coefficient (Wildman–Crippen LogP) is 1.28. The molecule has 1 aliphatic rings. The first-order chi connectivity index (χ1) is 10.0. The Morgan fingerprint density at radius 2 is 2.00 bits per heavy atom. The molecule has 1 saturated heterocycles. The number of benzene rings is 1. The predicted molar refractivity (Wildman–Crippen MR) is 82.8 cm³/mol. The van der Waals surface area contributed by atoms with E-state index in [2.05, 4.69) is 5.32 Å². The topological polar surface area (TPSA) is 75.4 Å². The summed E-state index contributed by atoms with van der Waals surface area (Å²) in [5.41, 5.74) is 6.62. The quantitative estimate of drug-likeness (QED) is 0.877. The molecule has 3 atom stereocenters. The monoisotopic (exact) mass is 289 g/mol. The van der Waals surface area contributed by atoms with Crippen molar-refractivity contribution < 1.29 is 9.59 Å². The molecule has 1 aromatic rings. The van der Waals surface area contributed by atoms with Gasteiger partial charge in [-0.15, -0.1) is 0 Å². The van der Waals surface area contributed by atoms with Gasteiger partial charge in [-0.3, -0.25) is 9.59 Å². The molecule has 0 spiro atoms. The van der Waals surface area contributed by atoms with E-state index in [0.717, 1.165) is 12.1 Å². The third-order valence-electron chi connectivity index (χ3n) is 4.03. The summed E-state index contributed by atoms with van der Waals surface area (Å²) in [4.78, 5) is 26.4. The maximum absolute atomic E-state index is 12.5. The van der Waals surface area contributed by atoms with Gasteiger partial charge in [0.15, 0.2) is 0 Å². The van der Waals surface area contributed by atoms with Crippen LogP contribution in [-0.4, -0.2) is 30.4 Å². The van der Waals surface area contributed by atoms with Gasteiger partial charge in [0.05, 0.1) is 0 Å². The number of rotatable bonds is 4. The first kappa shape index (κ1) is 15.5. The number of nitrogens with one attached hydrogen (secondary N) is 1. The number of piperidine rings is 1. The van der Waals surface area contributed by atoms with E-state index in [0.29, 0.717) is 13.0 Å². The van der Waals surface area contributed by atoms with Crippen LogP contribution in [0, 0.1) is 5.92 Å². The fourth-order valence-electron chi connectivity index (χ4n) is 2.42. The number of hydrogen-bond acceptors (Lipinski definition) is 3. The van der Waals surface area contributed by atoms with Crippen molar-refractivity contribution in [2.75, 3.05) is 11.4 Å². The molecule has 3 N–H and O–H groups in total. The second kappa shape index (κ2) is 6.72. The van der Waals surface area contributed by atoms with E-state index in [-0.39, 0.29) is 23.8 Å². The second-order valence-electron chi connectivity index (χ2n) is 5.68. The van der Waals surface area contributed by atoms with Crippen molar-refractivity contribution >= 4 is 17.5 Å². The number of hydrogen-bond donors (Lipinski definition) is 2. The van der Waals surface area contributed by atoms with Crippen LogP contribution in [0.5, 0.6) is 0 Å². The maximum Gasteiger partial charge on any atom is 0.249 e. The molecule has 0 aromatic heterocycles. The molecule has 1 aromatic carbocycles. The van der Waals surface area contributed by atoms with Crippen molar-refractivity contribution in [3.05, 3.63) is 30.3 Å². The summed E-state index contributed by atoms with van der Waals surface area (Å²) in [5, 5.41) is 2.84. The van der Waals surface area contributed by atoms with Gasteiger partial charge in [-0.2, -0.15) is 0 Å². The highest BCUT2D eigenvalue weighted by molar-refractivity contribution is 6.00. The van der Waals surface area contributed by atoms with Crippen molar-refractivity contribution in [3.8, 4) is 0 Å². The van der Waals surface area contributed by atoms with Crippen LogP contribution >= 0.6 is 0 Å². The number of nitrogens with two attached hydrogens (primary N) is 1. The Morgan fingerprint density at radius 1 is 1.33 bits per heavy atom. The lowest BCUT2D eigenvalue weighted by Crippen LogP contribution is -2.54. The molecule has 21 heavy (non-hydrogen) atoms.